The smallest absolute Gasteiger partial charge is 0.0109 e. The van der Waals surface area contributed by atoms with Crippen LogP contribution in [0.15, 0.2) is 0 Å². The van der Waals surface area contributed by atoms with Gasteiger partial charge in [0.2, 0.25) is 0 Å². The molecule has 0 aliphatic heterocycles. The van der Waals surface area contributed by atoms with E-state index in [2.05, 4.69) is 58.7 Å². The highest BCUT2D eigenvalue weighted by atomic mass is 79.9. The average molecular weight is 446 g/mol. The average Bonchev–Trinajstić information content (AvgIpc) is 3.10. The molecule has 0 spiro atoms. The number of hydrogen-bond acceptors (Lipinski definition) is 0. The molecule has 0 saturated heterocycles. The Hall–Kier alpha value is 1.82. The van der Waals surface area contributed by atoms with Crippen LogP contribution in [0.2, 0.25) is 0 Å². The van der Waals surface area contributed by atoms with Crippen LogP contribution in [0.4, 0.5) is 0 Å². The maximum absolute atomic E-state index is 3.83. The standard InChI is InChI=1S/2C8H16BrP/c2*1-7(2)10(9)8-5-3-4-6-8/h2*7-8H,3-6H2,1-2H3. The Bertz CT molecular complexity index is 221. The summed E-state index contributed by atoms with van der Waals surface area (Å²) in [6.07, 6.45) is 11.8. The van der Waals surface area contributed by atoms with Gasteiger partial charge in [-0.05, 0) is 61.6 Å². The fraction of sp³-hybridized carbons (Fsp3) is 1.00. The van der Waals surface area contributed by atoms with Crippen LogP contribution in [0.1, 0.15) is 79.1 Å². The first-order chi connectivity index (χ1) is 9.43. The van der Waals surface area contributed by atoms with E-state index in [1.165, 1.54) is 51.4 Å². The Kier molecular flexibility index (Phi) is 10.5. The lowest BCUT2D eigenvalue weighted by molar-refractivity contribution is 0.884. The lowest BCUT2D eigenvalue weighted by atomic mass is 10.4. The van der Waals surface area contributed by atoms with Crippen molar-refractivity contribution >= 4 is 44.2 Å². The summed E-state index contributed by atoms with van der Waals surface area (Å²) in [4.78, 5) is 0. The van der Waals surface area contributed by atoms with Gasteiger partial charge in [0, 0.05) is 0 Å². The van der Waals surface area contributed by atoms with Gasteiger partial charge in [-0.25, -0.2) is 0 Å². The van der Waals surface area contributed by atoms with Gasteiger partial charge in [-0.2, -0.15) is 0 Å². The molecule has 0 heterocycles. The van der Waals surface area contributed by atoms with Crippen LogP contribution in [-0.2, 0) is 0 Å². The van der Waals surface area contributed by atoms with Crippen LogP contribution < -0.4 is 0 Å². The zero-order valence-corrected chi connectivity index (χ0v) is 18.6. The Labute approximate surface area is 145 Å². The van der Waals surface area contributed by atoms with Gasteiger partial charge in [0.1, 0.15) is 0 Å². The van der Waals surface area contributed by atoms with Gasteiger partial charge in [-0.1, -0.05) is 84.4 Å². The predicted molar refractivity (Wildman–Crippen MR) is 106 cm³/mol. The van der Waals surface area contributed by atoms with Crippen LogP contribution in [0, 0.1) is 0 Å². The van der Waals surface area contributed by atoms with E-state index < -0.39 is 0 Å². The van der Waals surface area contributed by atoms with Gasteiger partial charge in [0.15, 0.2) is 0 Å². The van der Waals surface area contributed by atoms with Crippen molar-refractivity contribution in [1.29, 1.82) is 0 Å². The highest BCUT2D eigenvalue weighted by Crippen LogP contribution is 2.58. The first kappa shape index (κ1) is 19.9. The van der Waals surface area contributed by atoms with Gasteiger partial charge in [-0.3, -0.25) is 0 Å². The van der Waals surface area contributed by atoms with E-state index in [1.807, 2.05) is 0 Å². The first-order valence-corrected chi connectivity index (χ1v) is 15.3. The molecule has 0 aromatic rings. The van der Waals surface area contributed by atoms with Crippen molar-refractivity contribution in [1.82, 2.24) is 0 Å². The van der Waals surface area contributed by atoms with Crippen LogP contribution in [-0.4, -0.2) is 22.6 Å². The summed E-state index contributed by atoms with van der Waals surface area (Å²) < 4.78 is 0. The van der Waals surface area contributed by atoms with Crippen LogP contribution >= 0.6 is 44.2 Å². The molecule has 0 N–H and O–H groups in total. The number of hydrogen-bond donors (Lipinski definition) is 0. The maximum atomic E-state index is 3.83. The summed E-state index contributed by atoms with van der Waals surface area (Å²) in [5, 5.41) is 0. The Morgan fingerprint density at radius 3 is 1.10 bits per heavy atom. The van der Waals surface area contributed by atoms with Gasteiger partial charge in [-0.15, -0.1) is 0 Å². The summed E-state index contributed by atoms with van der Waals surface area (Å²) in [5.74, 6) is 0. The summed E-state index contributed by atoms with van der Waals surface area (Å²) in [5.41, 5.74) is 3.82. The topological polar surface area (TPSA) is 0 Å². The van der Waals surface area contributed by atoms with Gasteiger partial charge < -0.3 is 0 Å². The monoisotopic (exact) mass is 444 g/mol. The van der Waals surface area contributed by atoms with Crippen LogP contribution in [0.5, 0.6) is 0 Å². The minimum atomic E-state index is 0.172. The predicted octanol–water partition coefficient (Wildman–Crippen LogP) is 8.26. The highest BCUT2D eigenvalue weighted by Gasteiger charge is 2.25. The zero-order chi connectivity index (χ0) is 15.1. The third-order valence-corrected chi connectivity index (χ3v) is 17.1. The molecule has 0 amide bonds. The molecule has 0 bridgehead atoms. The normalized spacial score (nSPS) is 24.0. The van der Waals surface area contributed by atoms with Crippen LogP contribution in [0.3, 0.4) is 0 Å². The van der Waals surface area contributed by atoms with Crippen LogP contribution in [0.25, 0.3) is 0 Å². The van der Waals surface area contributed by atoms with E-state index in [0.717, 1.165) is 22.6 Å². The molecule has 0 aromatic carbocycles. The zero-order valence-electron chi connectivity index (χ0n) is 13.6. The van der Waals surface area contributed by atoms with Crippen molar-refractivity contribution < 1.29 is 0 Å². The van der Waals surface area contributed by atoms with Crippen molar-refractivity contribution in [3.63, 3.8) is 0 Å². The molecule has 2 unspecified atom stereocenters. The third-order valence-electron chi connectivity index (χ3n) is 4.33. The molecule has 2 saturated carbocycles. The Morgan fingerprint density at radius 2 is 0.900 bits per heavy atom. The Balaban J connectivity index is 0.000000200. The number of rotatable bonds is 4. The van der Waals surface area contributed by atoms with Crippen molar-refractivity contribution in [2.24, 2.45) is 0 Å². The van der Waals surface area contributed by atoms with Crippen molar-refractivity contribution in [3.05, 3.63) is 0 Å². The molecule has 20 heavy (non-hydrogen) atoms. The largest absolute Gasteiger partial charge is 0.0599 e. The molecule has 2 atom stereocenters. The SMILES string of the molecule is CC(C)P(Br)C1CCCC1.CC(C)P(Br)C1CCCC1. The minimum Gasteiger partial charge on any atom is -0.0599 e. The summed E-state index contributed by atoms with van der Waals surface area (Å²) in [6.45, 7) is 9.67. The van der Waals surface area contributed by atoms with E-state index in [4.69, 9.17) is 0 Å². The van der Waals surface area contributed by atoms with Gasteiger partial charge in [0.05, 0.1) is 0 Å². The quantitative estimate of drug-likeness (QED) is 0.382. The second-order valence-electron chi connectivity index (χ2n) is 6.75. The Morgan fingerprint density at radius 1 is 0.650 bits per heavy atom. The summed E-state index contributed by atoms with van der Waals surface area (Å²) >= 11 is 7.67. The lowest BCUT2D eigenvalue weighted by Crippen LogP contribution is -2.01. The molecule has 2 rings (SSSR count). The molecule has 0 aromatic heterocycles. The highest BCUT2D eigenvalue weighted by molar-refractivity contribution is 9.39. The molecule has 120 valence electrons. The molecule has 4 heteroatoms. The van der Waals surface area contributed by atoms with E-state index in [0.29, 0.717) is 0 Å². The summed E-state index contributed by atoms with van der Waals surface area (Å²) in [7, 11) is 0. The molecule has 0 radical (unpaired) electrons. The third kappa shape index (κ3) is 6.93. The van der Waals surface area contributed by atoms with Crippen molar-refractivity contribution in [3.8, 4) is 0 Å². The van der Waals surface area contributed by atoms with Gasteiger partial charge >= 0.3 is 0 Å². The van der Waals surface area contributed by atoms with E-state index in [9.17, 15) is 0 Å². The second kappa shape index (κ2) is 10.6. The molecular formula is C16H32Br2P2. The molecular weight excluding hydrogens is 414 g/mol. The molecule has 2 aliphatic carbocycles. The molecule has 2 fully saturated rings. The lowest BCUT2D eigenvalue weighted by Gasteiger charge is -2.20. The van der Waals surface area contributed by atoms with E-state index in [1.54, 1.807) is 0 Å². The fourth-order valence-corrected chi connectivity index (χ4v) is 9.01. The second-order valence-corrected chi connectivity index (χ2v) is 16.6. The number of halogens is 2. The first-order valence-electron chi connectivity index (χ1n) is 8.31. The van der Waals surface area contributed by atoms with Crippen molar-refractivity contribution in [2.45, 2.75) is 102 Å². The summed E-state index contributed by atoms with van der Waals surface area (Å²) in [6, 6.07) is 0. The molecule has 2 aliphatic rings. The minimum absolute atomic E-state index is 0.172. The van der Waals surface area contributed by atoms with E-state index >= 15 is 0 Å². The van der Waals surface area contributed by atoms with E-state index in [-0.39, 0.29) is 13.2 Å². The van der Waals surface area contributed by atoms with Gasteiger partial charge in [0.25, 0.3) is 0 Å². The molecule has 0 nitrogen and oxygen atoms in total. The van der Waals surface area contributed by atoms with Crippen molar-refractivity contribution in [2.75, 3.05) is 0 Å². The fourth-order valence-electron chi connectivity index (χ4n) is 3.15. The maximum Gasteiger partial charge on any atom is -0.0109 e.